The van der Waals surface area contributed by atoms with E-state index < -0.39 is 5.41 Å². The fourth-order valence-corrected chi connectivity index (χ4v) is 2.07. The van der Waals surface area contributed by atoms with Gasteiger partial charge in [0.15, 0.2) is 0 Å². The molecule has 0 aliphatic heterocycles. The molecular formula is C17H17N. The van der Waals surface area contributed by atoms with E-state index in [0.29, 0.717) is 0 Å². The van der Waals surface area contributed by atoms with E-state index in [4.69, 9.17) is 0 Å². The maximum atomic E-state index is 9.58. The van der Waals surface area contributed by atoms with Crippen molar-refractivity contribution in [2.45, 2.75) is 26.2 Å². The normalized spacial score (nSPS) is 11.0. The predicted octanol–water partition coefficient (Wildman–Crippen LogP) is 4.13. The van der Waals surface area contributed by atoms with E-state index >= 15 is 0 Å². The Morgan fingerprint density at radius 1 is 0.778 bits per heavy atom. The van der Waals surface area contributed by atoms with Crippen LogP contribution in [0, 0.1) is 25.2 Å². The number of aryl methyl sites for hydroxylation is 2. The number of nitriles is 1. The monoisotopic (exact) mass is 235 g/mol. The summed E-state index contributed by atoms with van der Waals surface area (Å²) in [6, 6.07) is 18.8. The van der Waals surface area contributed by atoms with Gasteiger partial charge in [-0.3, -0.25) is 0 Å². The van der Waals surface area contributed by atoms with Crippen LogP contribution >= 0.6 is 0 Å². The molecule has 1 heteroatoms. The quantitative estimate of drug-likeness (QED) is 0.767. The molecule has 0 amide bonds. The summed E-state index contributed by atoms with van der Waals surface area (Å²) in [5.41, 5.74) is 3.92. The van der Waals surface area contributed by atoms with Crippen LogP contribution in [0.25, 0.3) is 0 Å². The highest BCUT2D eigenvalue weighted by atomic mass is 14.4. The molecule has 2 aromatic rings. The van der Waals surface area contributed by atoms with Crippen molar-refractivity contribution in [3.8, 4) is 6.07 Å². The van der Waals surface area contributed by atoms with E-state index in [-0.39, 0.29) is 0 Å². The standard InChI is InChI=1S/C17H17N/c1-13-4-8-15(9-5-13)17(3,12-18)16-10-6-14(2)7-11-16/h4-11H,1-3H3. The number of rotatable bonds is 2. The van der Waals surface area contributed by atoms with Gasteiger partial charge in [-0.05, 0) is 31.9 Å². The van der Waals surface area contributed by atoms with Gasteiger partial charge in [0.1, 0.15) is 5.41 Å². The lowest BCUT2D eigenvalue weighted by atomic mass is 9.77. The Labute approximate surface area is 109 Å². The molecule has 2 aromatic carbocycles. The van der Waals surface area contributed by atoms with Crippen molar-refractivity contribution >= 4 is 0 Å². The van der Waals surface area contributed by atoms with Gasteiger partial charge in [0, 0.05) is 0 Å². The Hall–Kier alpha value is -2.07. The topological polar surface area (TPSA) is 23.8 Å². The second-order valence-corrected chi connectivity index (χ2v) is 4.97. The lowest BCUT2D eigenvalue weighted by Crippen LogP contribution is -2.21. The Morgan fingerprint density at radius 2 is 1.11 bits per heavy atom. The van der Waals surface area contributed by atoms with E-state index in [0.717, 1.165) is 11.1 Å². The van der Waals surface area contributed by atoms with Crippen LogP contribution in [-0.2, 0) is 5.41 Å². The first-order valence-corrected chi connectivity index (χ1v) is 6.12. The zero-order valence-corrected chi connectivity index (χ0v) is 11.1. The largest absolute Gasteiger partial charge is 0.197 e. The lowest BCUT2D eigenvalue weighted by molar-refractivity contribution is 0.740. The maximum Gasteiger partial charge on any atom is 0.104 e. The molecule has 0 aliphatic carbocycles. The first kappa shape index (κ1) is 12.4. The van der Waals surface area contributed by atoms with Gasteiger partial charge in [0.25, 0.3) is 0 Å². The molecule has 0 aromatic heterocycles. The Kier molecular flexibility index (Phi) is 3.21. The maximum absolute atomic E-state index is 9.58. The van der Waals surface area contributed by atoms with E-state index in [1.807, 2.05) is 31.2 Å². The highest BCUT2D eigenvalue weighted by Crippen LogP contribution is 2.31. The summed E-state index contributed by atoms with van der Waals surface area (Å²) in [4.78, 5) is 0. The zero-order chi connectivity index (χ0) is 13.2. The van der Waals surface area contributed by atoms with Gasteiger partial charge in [-0.25, -0.2) is 0 Å². The second kappa shape index (κ2) is 4.66. The molecule has 0 bridgehead atoms. The molecule has 0 unspecified atom stereocenters. The van der Waals surface area contributed by atoms with Crippen molar-refractivity contribution < 1.29 is 0 Å². The van der Waals surface area contributed by atoms with Crippen LogP contribution in [0.3, 0.4) is 0 Å². The van der Waals surface area contributed by atoms with Crippen molar-refractivity contribution in [2.75, 3.05) is 0 Å². The molecule has 0 fully saturated rings. The van der Waals surface area contributed by atoms with Crippen molar-refractivity contribution in [3.63, 3.8) is 0 Å². The van der Waals surface area contributed by atoms with Gasteiger partial charge in [-0.1, -0.05) is 59.7 Å². The van der Waals surface area contributed by atoms with Crippen LogP contribution < -0.4 is 0 Å². The lowest BCUT2D eigenvalue weighted by Gasteiger charge is -2.23. The Bertz CT molecular complexity index is 525. The zero-order valence-electron chi connectivity index (χ0n) is 11.1. The fourth-order valence-electron chi connectivity index (χ4n) is 2.07. The number of hydrogen-bond acceptors (Lipinski definition) is 1. The van der Waals surface area contributed by atoms with Crippen molar-refractivity contribution in [1.29, 1.82) is 5.26 Å². The average Bonchev–Trinajstić information content (AvgIpc) is 2.39. The molecule has 0 spiro atoms. The van der Waals surface area contributed by atoms with Gasteiger partial charge in [-0.15, -0.1) is 0 Å². The Balaban J connectivity index is 2.52. The van der Waals surface area contributed by atoms with E-state index in [2.05, 4.69) is 44.2 Å². The van der Waals surface area contributed by atoms with E-state index in [1.165, 1.54) is 11.1 Å². The summed E-state index contributed by atoms with van der Waals surface area (Å²) in [6.45, 7) is 6.08. The molecule has 0 aliphatic rings. The third kappa shape index (κ3) is 2.15. The van der Waals surface area contributed by atoms with Gasteiger partial charge >= 0.3 is 0 Å². The summed E-state index contributed by atoms with van der Waals surface area (Å²) < 4.78 is 0. The molecule has 0 N–H and O–H groups in total. The molecule has 0 heterocycles. The summed E-state index contributed by atoms with van der Waals surface area (Å²) in [6.07, 6.45) is 0. The van der Waals surface area contributed by atoms with Gasteiger partial charge in [0.05, 0.1) is 6.07 Å². The smallest absolute Gasteiger partial charge is 0.104 e. The van der Waals surface area contributed by atoms with Crippen LogP contribution in [0.15, 0.2) is 48.5 Å². The molecule has 1 nitrogen and oxygen atoms in total. The minimum Gasteiger partial charge on any atom is -0.197 e. The van der Waals surface area contributed by atoms with Crippen molar-refractivity contribution in [3.05, 3.63) is 70.8 Å². The Morgan fingerprint density at radius 3 is 1.39 bits per heavy atom. The van der Waals surface area contributed by atoms with E-state index in [1.54, 1.807) is 0 Å². The fraction of sp³-hybridized carbons (Fsp3) is 0.235. The summed E-state index contributed by atoms with van der Waals surface area (Å²) in [5, 5.41) is 9.58. The first-order valence-electron chi connectivity index (χ1n) is 6.12. The van der Waals surface area contributed by atoms with Crippen molar-refractivity contribution in [2.24, 2.45) is 0 Å². The SMILES string of the molecule is Cc1ccc(C(C)(C#N)c2ccc(C)cc2)cc1. The minimum atomic E-state index is -0.582. The molecule has 0 saturated heterocycles. The first-order chi connectivity index (χ1) is 8.56. The number of nitrogens with zero attached hydrogens (tertiary/aromatic N) is 1. The minimum absolute atomic E-state index is 0.582. The summed E-state index contributed by atoms with van der Waals surface area (Å²) in [5.74, 6) is 0. The van der Waals surface area contributed by atoms with Gasteiger partial charge in [-0.2, -0.15) is 5.26 Å². The highest BCUT2D eigenvalue weighted by Gasteiger charge is 2.28. The van der Waals surface area contributed by atoms with Gasteiger partial charge in [0.2, 0.25) is 0 Å². The number of hydrogen-bond donors (Lipinski definition) is 0. The highest BCUT2D eigenvalue weighted by molar-refractivity contribution is 5.45. The molecular weight excluding hydrogens is 218 g/mol. The summed E-state index contributed by atoms with van der Waals surface area (Å²) >= 11 is 0. The third-order valence-corrected chi connectivity index (χ3v) is 3.48. The van der Waals surface area contributed by atoms with E-state index in [9.17, 15) is 5.26 Å². The second-order valence-electron chi connectivity index (χ2n) is 4.97. The van der Waals surface area contributed by atoms with Crippen LogP contribution in [0.4, 0.5) is 0 Å². The molecule has 2 rings (SSSR count). The van der Waals surface area contributed by atoms with Crippen LogP contribution in [0.1, 0.15) is 29.2 Å². The molecule has 18 heavy (non-hydrogen) atoms. The summed E-state index contributed by atoms with van der Waals surface area (Å²) in [7, 11) is 0. The average molecular weight is 235 g/mol. The number of benzene rings is 2. The van der Waals surface area contributed by atoms with Crippen molar-refractivity contribution in [1.82, 2.24) is 0 Å². The van der Waals surface area contributed by atoms with Crippen LogP contribution in [-0.4, -0.2) is 0 Å². The van der Waals surface area contributed by atoms with Gasteiger partial charge < -0.3 is 0 Å². The third-order valence-electron chi connectivity index (χ3n) is 3.48. The van der Waals surface area contributed by atoms with Crippen LogP contribution in [0.5, 0.6) is 0 Å². The molecule has 0 saturated carbocycles. The molecule has 0 radical (unpaired) electrons. The molecule has 0 atom stereocenters. The predicted molar refractivity (Wildman–Crippen MR) is 74.4 cm³/mol. The van der Waals surface area contributed by atoms with Crippen LogP contribution in [0.2, 0.25) is 0 Å². The molecule has 90 valence electrons.